The third kappa shape index (κ3) is 3.23. The average molecular weight is 443 g/mol. The molecule has 4 aliphatic carbocycles. The van der Waals surface area contributed by atoms with Gasteiger partial charge in [0, 0.05) is 12.1 Å². The van der Waals surface area contributed by atoms with E-state index in [-0.39, 0.29) is 0 Å². The van der Waals surface area contributed by atoms with Crippen LogP contribution >= 0.6 is 31.9 Å². The molecule has 5 rings (SSSR count). The molecule has 0 radical (unpaired) electrons. The van der Waals surface area contributed by atoms with E-state index in [0.29, 0.717) is 12.1 Å². The molecule has 0 amide bonds. The molecule has 126 valence electrons. The predicted octanol–water partition coefficient (Wildman–Crippen LogP) is 5.67. The standard InChI is InChI=1S/C19H25Br2NO/c1-2-23-18-16(20)6-15(7-17(18)21)11-22-19-8-12-3-13(9-19)5-14(4-12)10-19/h6-7,12-14,22H,2-5,8-11H2,1H3. The molecule has 4 fully saturated rings. The molecule has 0 unspecified atom stereocenters. The Bertz CT molecular complexity index is 543. The molecule has 0 atom stereocenters. The average Bonchev–Trinajstić information content (AvgIpc) is 2.48. The summed E-state index contributed by atoms with van der Waals surface area (Å²) >= 11 is 7.30. The molecule has 0 saturated heterocycles. The minimum absolute atomic E-state index is 0.423. The molecule has 0 heterocycles. The van der Waals surface area contributed by atoms with Gasteiger partial charge in [0.2, 0.25) is 0 Å². The van der Waals surface area contributed by atoms with Crippen molar-refractivity contribution in [3.8, 4) is 5.75 Å². The molecule has 1 aromatic rings. The lowest BCUT2D eigenvalue weighted by Gasteiger charge is -2.57. The molecule has 0 aliphatic heterocycles. The lowest BCUT2D eigenvalue weighted by molar-refractivity contribution is -0.0206. The predicted molar refractivity (Wildman–Crippen MR) is 101 cm³/mol. The van der Waals surface area contributed by atoms with Crippen molar-refractivity contribution >= 4 is 31.9 Å². The first kappa shape index (κ1) is 16.4. The highest BCUT2D eigenvalue weighted by Gasteiger charge is 2.50. The molecule has 0 spiro atoms. The van der Waals surface area contributed by atoms with Crippen molar-refractivity contribution in [3.05, 3.63) is 26.6 Å². The van der Waals surface area contributed by atoms with Gasteiger partial charge in [-0.15, -0.1) is 0 Å². The first-order valence-electron chi connectivity index (χ1n) is 8.92. The Morgan fingerprint density at radius 2 is 1.57 bits per heavy atom. The largest absolute Gasteiger partial charge is 0.492 e. The lowest BCUT2D eigenvalue weighted by atomic mass is 9.53. The molecule has 4 aliphatic rings. The fourth-order valence-corrected chi connectivity index (χ4v) is 7.12. The molecule has 2 nitrogen and oxygen atoms in total. The van der Waals surface area contributed by atoms with Crippen LogP contribution in [0.15, 0.2) is 21.1 Å². The number of benzene rings is 1. The third-order valence-corrected chi connectivity index (χ3v) is 7.23. The van der Waals surface area contributed by atoms with Crippen molar-refractivity contribution in [2.75, 3.05) is 6.61 Å². The maximum absolute atomic E-state index is 5.69. The van der Waals surface area contributed by atoms with Crippen LogP contribution in [-0.2, 0) is 6.54 Å². The fraction of sp³-hybridized carbons (Fsp3) is 0.684. The van der Waals surface area contributed by atoms with E-state index < -0.39 is 0 Å². The Morgan fingerprint density at radius 1 is 1.04 bits per heavy atom. The van der Waals surface area contributed by atoms with E-state index in [0.717, 1.165) is 39.0 Å². The molecule has 1 aromatic carbocycles. The van der Waals surface area contributed by atoms with Gasteiger partial charge in [-0.05, 0) is 113 Å². The second kappa shape index (κ2) is 6.34. The summed E-state index contributed by atoms with van der Waals surface area (Å²) in [6.07, 6.45) is 8.71. The van der Waals surface area contributed by atoms with Crippen molar-refractivity contribution < 1.29 is 4.74 Å². The summed E-state index contributed by atoms with van der Waals surface area (Å²) in [6.45, 7) is 3.65. The van der Waals surface area contributed by atoms with E-state index in [9.17, 15) is 0 Å². The van der Waals surface area contributed by atoms with Crippen LogP contribution in [0.2, 0.25) is 0 Å². The Balaban J connectivity index is 1.47. The van der Waals surface area contributed by atoms with Crippen molar-refractivity contribution in [1.82, 2.24) is 5.32 Å². The minimum atomic E-state index is 0.423. The number of rotatable bonds is 5. The quantitative estimate of drug-likeness (QED) is 0.634. The van der Waals surface area contributed by atoms with Crippen LogP contribution in [-0.4, -0.2) is 12.1 Å². The van der Waals surface area contributed by atoms with Crippen LogP contribution < -0.4 is 10.1 Å². The smallest absolute Gasteiger partial charge is 0.147 e. The van der Waals surface area contributed by atoms with E-state index in [4.69, 9.17) is 4.74 Å². The third-order valence-electron chi connectivity index (χ3n) is 6.05. The summed E-state index contributed by atoms with van der Waals surface area (Å²) < 4.78 is 7.76. The molecule has 4 bridgehead atoms. The summed E-state index contributed by atoms with van der Waals surface area (Å²) in [7, 11) is 0. The van der Waals surface area contributed by atoms with Gasteiger partial charge in [0.05, 0.1) is 15.6 Å². The lowest BCUT2D eigenvalue weighted by Crippen LogP contribution is -2.58. The van der Waals surface area contributed by atoms with E-state index in [1.165, 1.54) is 44.1 Å². The van der Waals surface area contributed by atoms with E-state index in [1.54, 1.807) is 0 Å². The zero-order valence-electron chi connectivity index (χ0n) is 13.7. The second-order valence-electron chi connectivity index (χ2n) is 7.87. The Kier molecular flexibility index (Phi) is 4.53. The number of hydrogen-bond donors (Lipinski definition) is 1. The molecular formula is C19H25Br2NO. The summed E-state index contributed by atoms with van der Waals surface area (Å²) in [5.41, 5.74) is 1.75. The minimum Gasteiger partial charge on any atom is -0.492 e. The zero-order chi connectivity index (χ0) is 16.0. The zero-order valence-corrected chi connectivity index (χ0v) is 16.9. The van der Waals surface area contributed by atoms with Crippen molar-refractivity contribution in [1.29, 1.82) is 0 Å². The van der Waals surface area contributed by atoms with Crippen LogP contribution in [0.3, 0.4) is 0 Å². The van der Waals surface area contributed by atoms with E-state index in [2.05, 4.69) is 49.3 Å². The number of halogens is 2. The monoisotopic (exact) mass is 441 g/mol. The van der Waals surface area contributed by atoms with Gasteiger partial charge in [0.1, 0.15) is 5.75 Å². The SMILES string of the molecule is CCOc1c(Br)cc(CNC23CC4CC(CC(C4)C2)C3)cc1Br. The summed E-state index contributed by atoms with van der Waals surface area (Å²) in [4.78, 5) is 0. The van der Waals surface area contributed by atoms with Crippen LogP contribution in [0.5, 0.6) is 5.75 Å². The van der Waals surface area contributed by atoms with Crippen LogP contribution in [0.4, 0.5) is 0 Å². The number of ether oxygens (including phenoxy) is 1. The van der Waals surface area contributed by atoms with Gasteiger partial charge < -0.3 is 10.1 Å². The fourth-order valence-electron chi connectivity index (χ4n) is 5.61. The topological polar surface area (TPSA) is 21.3 Å². The van der Waals surface area contributed by atoms with Gasteiger partial charge in [-0.3, -0.25) is 0 Å². The summed E-state index contributed by atoms with van der Waals surface area (Å²) in [6, 6.07) is 4.40. The van der Waals surface area contributed by atoms with Gasteiger partial charge in [0.25, 0.3) is 0 Å². The van der Waals surface area contributed by atoms with E-state index >= 15 is 0 Å². The molecule has 4 heteroatoms. The highest BCUT2D eigenvalue weighted by Crippen LogP contribution is 2.55. The highest BCUT2D eigenvalue weighted by molar-refractivity contribution is 9.11. The Morgan fingerprint density at radius 3 is 2.04 bits per heavy atom. The molecule has 0 aromatic heterocycles. The maximum Gasteiger partial charge on any atom is 0.147 e. The number of nitrogens with one attached hydrogen (secondary N) is 1. The van der Waals surface area contributed by atoms with Crippen molar-refractivity contribution in [3.63, 3.8) is 0 Å². The van der Waals surface area contributed by atoms with E-state index in [1.807, 2.05) is 6.92 Å². The van der Waals surface area contributed by atoms with Gasteiger partial charge in [-0.25, -0.2) is 0 Å². The second-order valence-corrected chi connectivity index (χ2v) is 9.58. The summed E-state index contributed by atoms with van der Waals surface area (Å²) in [5, 5.41) is 3.97. The first-order chi connectivity index (χ1) is 11.1. The van der Waals surface area contributed by atoms with Gasteiger partial charge in [-0.2, -0.15) is 0 Å². The highest BCUT2D eigenvalue weighted by atomic mass is 79.9. The van der Waals surface area contributed by atoms with Crippen molar-refractivity contribution in [2.45, 2.75) is 57.5 Å². The van der Waals surface area contributed by atoms with Gasteiger partial charge >= 0.3 is 0 Å². The van der Waals surface area contributed by atoms with Crippen molar-refractivity contribution in [2.24, 2.45) is 17.8 Å². The first-order valence-corrected chi connectivity index (χ1v) is 10.5. The number of hydrogen-bond acceptors (Lipinski definition) is 2. The van der Waals surface area contributed by atoms with Gasteiger partial charge in [0.15, 0.2) is 0 Å². The maximum atomic E-state index is 5.69. The molecule has 23 heavy (non-hydrogen) atoms. The van der Waals surface area contributed by atoms with Gasteiger partial charge in [-0.1, -0.05) is 0 Å². The Hall–Kier alpha value is -0.0600. The molecule has 4 saturated carbocycles. The normalized spacial score (nSPS) is 34.8. The molecular weight excluding hydrogens is 418 g/mol. The summed E-state index contributed by atoms with van der Waals surface area (Å²) in [5.74, 6) is 3.89. The molecule has 1 N–H and O–H groups in total. The van der Waals surface area contributed by atoms with Crippen LogP contribution in [0.1, 0.15) is 51.0 Å². The van der Waals surface area contributed by atoms with Crippen LogP contribution in [0.25, 0.3) is 0 Å². The Labute approximate surface area is 156 Å². The van der Waals surface area contributed by atoms with Crippen LogP contribution in [0, 0.1) is 17.8 Å².